The number of pyridine rings is 1. The molecule has 3 nitrogen and oxygen atoms in total. The zero-order valence-electron chi connectivity index (χ0n) is 14.0. The smallest absolute Gasteiger partial charge is 0.336 e. The van der Waals surface area contributed by atoms with Gasteiger partial charge < -0.3 is 5.11 Å². The van der Waals surface area contributed by atoms with E-state index in [0.29, 0.717) is 26.6 Å². The summed E-state index contributed by atoms with van der Waals surface area (Å²) in [4.78, 5) is 16.3. The maximum atomic E-state index is 11.6. The Labute approximate surface area is 165 Å². The quantitative estimate of drug-likeness (QED) is 0.427. The van der Waals surface area contributed by atoms with Crippen molar-refractivity contribution in [2.45, 2.75) is 0 Å². The van der Waals surface area contributed by atoms with Crippen LogP contribution < -0.4 is 0 Å². The van der Waals surface area contributed by atoms with Gasteiger partial charge in [0, 0.05) is 10.9 Å². The molecule has 1 N–H and O–H groups in total. The lowest BCUT2D eigenvalue weighted by molar-refractivity contribution is 0.0699. The van der Waals surface area contributed by atoms with E-state index < -0.39 is 5.97 Å². The Balaban J connectivity index is 1.78. The molecule has 0 amide bonds. The molecule has 1 heterocycles. The first-order valence-corrected chi connectivity index (χ1v) is 8.97. The average Bonchev–Trinajstić information content (AvgIpc) is 2.69. The Morgan fingerprint density at radius 2 is 1.44 bits per heavy atom. The van der Waals surface area contributed by atoms with Gasteiger partial charge in [0.25, 0.3) is 0 Å². The molecule has 4 rings (SSSR count). The highest BCUT2D eigenvalue weighted by Gasteiger charge is 2.13. The normalized spacial score (nSPS) is 10.9. The molecule has 0 aliphatic rings. The first kappa shape index (κ1) is 17.5. The summed E-state index contributed by atoms with van der Waals surface area (Å²) >= 11 is 12.1. The molecule has 132 valence electrons. The van der Waals surface area contributed by atoms with E-state index in [9.17, 15) is 9.90 Å². The molecule has 0 bridgehead atoms. The van der Waals surface area contributed by atoms with Gasteiger partial charge in [-0.1, -0.05) is 71.7 Å². The third-order valence-electron chi connectivity index (χ3n) is 4.38. The average molecular weight is 394 g/mol. The third-order valence-corrected chi connectivity index (χ3v) is 5.12. The van der Waals surface area contributed by atoms with Crippen molar-refractivity contribution in [1.82, 2.24) is 4.98 Å². The Morgan fingerprint density at radius 1 is 0.778 bits per heavy atom. The predicted molar refractivity (Wildman–Crippen MR) is 110 cm³/mol. The molecular weight excluding hydrogens is 381 g/mol. The van der Waals surface area contributed by atoms with Gasteiger partial charge in [-0.05, 0) is 35.4 Å². The number of nitrogens with zero attached hydrogens (tertiary/aromatic N) is 1. The van der Waals surface area contributed by atoms with E-state index in [0.717, 1.165) is 16.7 Å². The Hall–Kier alpha value is -2.88. The molecule has 0 saturated heterocycles. The summed E-state index contributed by atoms with van der Waals surface area (Å²) in [6.45, 7) is 0. The van der Waals surface area contributed by atoms with E-state index in [1.54, 1.807) is 18.2 Å². The Morgan fingerprint density at radius 3 is 2.15 bits per heavy atom. The fourth-order valence-electron chi connectivity index (χ4n) is 3.01. The number of para-hydroxylation sites is 1. The lowest BCUT2D eigenvalue weighted by Crippen LogP contribution is -2.00. The Kier molecular flexibility index (Phi) is 4.56. The lowest BCUT2D eigenvalue weighted by atomic mass is 10.0. The third kappa shape index (κ3) is 3.39. The minimum atomic E-state index is -0.970. The summed E-state index contributed by atoms with van der Waals surface area (Å²) in [5.41, 5.74) is 4.29. The number of fused-ring (bicyclic) bond motifs is 1. The second kappa shape index (κ2) is 7.03. The lowest BCUT2D eigenvalue weighted by Gasteiger charge is -2.08. The topological polar surface area (TPSA) is 50.2 Å². The molecule has 0 saturated carbocycles. The van der Waals surface area contributed by atoms with Crippen LogP contribution in [0.4, 0.5) is 0 Å². The van der Waals surface area contributed by atoms with Crippen molar-refractivity contribution in [2.75, 3.05) is 0 Å². The zero-order chi connectivity index (χ0) is 19.0. The molecular formula is C22H13Cl2NO2. The van der Waals surface area contributed by atoms with Crippen LogP contribution in [0.1, 0.15) is 10.4 Å². The van der Waals surface area contributed by atoms with Crippen LogP contribution in [-0.4, -0.2) is 16.1 Å². The molecule has 4 aromatic rings. The zero-order valence-corrected chi connectivity index (χ0v) is 15.5. The van der Waals surface area contributed by atoms with E-state index in [1.165, 1.54) is 0 Å². The first-order valence-electron chi connectivity index (χ1n) is 8.22. The van der Waals surface area contributed by atoms with Crippen molar-refractivity contribution in [3.8, 4) is 22.4 Å². The molecule has 0 aliphatic carbocycles. The van der Waals surface area contributed by atoms with Crippen LogP contribution in [0.25, 0.3) is 33.3 Å². The van der Waals surface area contributed by atoms with E-state index in [1.807, 2.05) is 54.6 Å². The van der Waals surface area contributed by atoms with E-state index in [-0.39, 0.29) is 5.56 Å². The Bertz CT molecular complexity index is 1170. The van der Waals surface area contributed by atoms with Crippen molar-refractivity contribution in [1.29, 1.82) is 0 Å². The molecule has 0 unspecified atom stereocenters. The minimum Gasteiger partial charge on any atom is -0.478 e. The SMILES string of the molecule is O=C(O)c1cc(-c2ccc(-c3ccc(Cl)c(Cl)c3)cc2)nc2ccccc12. The van der Waals surface area contributed by atoms with Crippen LogP contribution in [0.15, 0.2) is 72.8 Å². The van der Waals surface area contributed by atoms with Crippen molar-refractivity contribution in [3.05, 3.63) is 88.4 Å². The molecule has 5 heteroatoms. The van der Waals surface area contributed by atoms with Gasteiger partial charge in [-0.15, -0.1) is 0 Å². The van der Waals surface area contributed by atoms with Crippen molar-refractivity contribution in [3.63, 3.8) is 0 Å². The molecule has 0 radical (unpaired) electrons. The summed E-state index contributed by atoms with van der Waals surface area (Å²) < 4.78 is 0. The number of halogens is 2. The monoisotopic (exact) mass is 393 g/mol. The fourth-order valence-corrected chi connectivity index (χ4v) is 3.31. The standard InChI is InChI=1S/C22H13Cl2NO2/c23-18-10-9-15(11-19(18)24)13-5-7-14(8-6-13)21-12-17(22(26)27)16-3-1-2-4-20(16)25-21/h1-12H,(H,26,27). The van der Waals surface area contributed by atoms with Gasteiger partial charge in [-0.25, -0.2) is 9.78 Å². The second-order valence-corrected chi connectivity index (χ2v) is 6.90. The van der Waals surface area contributed by atoms with Crippen LogP contribution in [0.2, 0.25) is 10.0 Å². The highest BCUT2D eigenvalue weighted by atomic mass is 35.5. The molecule has 0 fully saturated rings. The molecule has 27 heavy (non-hydrogen) atoms. The van der Waals surface area contributed by atoms with E-state index in [4.69, 9.17) is 23.2 Å². The number of carbonyl (C=O) groups is 1. The van der Waals surface area contributed by atoms with Crippen molar-refractivity contribution < 1.29 is 9.90 Å². The summed E-state index contributed by atoms with van der Waals surface area (Å²) in [6, 6.07) is 22.1. The van der Waals surface area contributed by atoms with Crippen molar-refractivity contribution in [2.24, 2.45) is 0 Å². The summed E-state index contributed by atoms with van der Waals surface area (Å²) in [5, 5.41) is 11.2. The number of aromatic nitrogens is 1. The van der Waals surface area contributed by atoms with Crippen LogP contribution in [-0.2, 0) is 0 Å². The van der Waals surface area contributed by atoms with Gasteiger partial charge in [0.2, 0.25) is 0 Å². The maximum Gasteiger partial charge on any atom is 0.336 e. The number of carboxylic acids is 1. The van der Waals surface area contributed by atoms with Crippen LogP contribution in [0.5, 0.6) is 0 Å². The number of aromatic carboxylic acids is 1. The van der Waals surface area contributed by atoms with Crippen LogP contribution in [0, 0.1) is 0 Å². The van der Waals surface area contributed by atoms with E-state index in [2.05, 4.69) is 4.98 Å². The number of hydrogen-bond acceptors (Lipinski definition) is 2. The largest absolute Gasteiger partial charge is 0.478 e. The molecule has 1 aromatic heterocycles. The maximum absolute atomic E-state index is 11.6. The van der Waals surface area contributed by atoms with Gasteiger partial charge in [-0.3, -0.25) is 0 Å². The molecule has 0 aliphatic heterocycles. The minimum absolute atomic E-state index is 0.240. The van der Waals surface area contributed by atoms with Gasteiger partial charge in [0.1, 0.15) is 0 Å². The molecule has 0 spiro atoms. The predicted octanol–water partition coefficient (Wildman–Crippen LogP) is 6.57. The van der Waals surface area contributed by atoms with Gasteiger partial charge in [0.15, 0.2) is 0 Å². The molecule has 3 aromatic carbocycles. The fraction of sp³-hybridized carbons (Fsp3) is 0. The van der Waals surface area contributed by atoms with Gasteiger partial charge in [-0.2, -0.15) is 0 Å². The summed E-state index contributed by atoms with van der Waals surface area (Å²) in [5.74, 6) is -0.970. The van der Waals surface area contributed by atoms with Gasteiger partial charge >= 0.3 is 5.97 Å². The first-order chi connectivity index (χ1) is 13.0. The number of hydrogen-bond donors (Lipinski definition) is 1. The second-order valence-electron chi connectivity index (χ2n) is 6.08. The highest BCUT2D eigenvalue weighted by Crippen LogP contribution is 2.30. The van der Waals surface area contributed by atoms with Crippen LogP contribution >= 0.6 is 23.2 Å². The summed E-state index contributed by atoms with van der Waals surface area (Å²) in [7, 11) is 0. The van der Waals surface area contributed by atoms with Gasteiger partial charge in [0.05, 0.1) is 26.8 Å². The van der Waals surface area contributed by atoms with Crippen LogP contribution in [0.3, 0.4) is 0 Å². The summed E-state index contributed by atoms with van der Waals surface area (Å²) in [6.07, 6.45) is 0. The number of benzene rings is 3. The number of carboxylic acid groups (broad SMARTS) is 1. The molecule has 0 atom stereocenters. The van der Waals surface area contributed by atoms with E-state index >= 15 is 0 Å². The van der Waals surface area contributed by atoms with Crippen molar-refractivity contribution >= 4 is 40.1 Å². The highest BCUT2D eigenvalue weighted by molar-refractivity contribution is 6.42. The number of rotatable bonds is 3.